The summed E-state index contributed by atoms with van der Waals surface area (Å²) < 4.78 is 0. The van der Waals surface area contributed by atoms with Crippen molar-refractivity contribution in [2.45, 2.75) is 57.0 Å². The molecule has 3 fully saturated rings. The Kier molecular flexibility index (Phi) is 4.25. The van der Waals surface area contributed by atoms with Gasteiger partial charge in [-0.15, -0.1) is 0 Å². The van der Waals surface area contributed by atoms with Crippen molar-refractivity contribution in [3.63, 3.8) is 0 Å². The van der Waals surface area contributed by atoms with Gasteiger partial charge in [-0.3, -0.25) is 4.79 Å². The maximum Gasteiger partial charge on any atom is 0.227 e. The van der Waals surface area contributed by atoms with Crippen LogP contribution in [0.1, 0.15) is 44.9 Å². The van der Waals surface area contributed by atoms with E-state index in [0.717, 1.165) is 30.3 Å². The Balaban J connectivity index is 1.46. The maximum atomic E-state index is 12.0. The van der Waals surface area contributed by atoms with Crippen LogP contribution in [0.2, 0.25) is 0 Å². The molecule has 4 nitrogen and oxygen atoms in total. The first kappa shape index (κ1) is 15.0. The molecule has 1 saturated carbocycles. The molecule has 23 heavy (non-hydrogen) atoms. The largest absolute Gasteiger partial charge is 0.382 e. The minimum atomic E-state index is 0.260. The number of carbonyl (C=O) groups is 1. The molecule has 3 aliphatic rings. The molecule has 124 valence electrons. The summed E-state index contributed by atoms with van der Waals surface area (Å²) in [5, 5.41) is 7.45. The highest BCUT2D eigenvalue weighted by Gasteiger charge is 2.35. The molecule has 1 aromatic carbocycles. The molecule has 1 aromatic rings. The monoisotopic (exact) mass is 313 g/mol. The van der Waals surface area contributed by atoms with Gasteiger partial charge in [-0.1, -0.05) is 12.5 Å². The maximum absolute atomic E-state index is 12.0. The first-order valence-corrected chi connectivity index (χ1v) is 9.21. The molecule has 2 N–H and O–H groups in total. The van der Waals surface area contributed by atoms with E-state index < -0.39 is 0 Å². The molecule has 4 heteroatoms. The SMILES string of the molecule is O=C1CCCN1c1cccc(NC2CCCC2C2CCCN2)c1. The Labute approximate surface area is 138 Å². The van der Waals surface area contributed by atoms with Gasteiger partial charge in [0.1, 0.15) is 0 Å². The van der Waals surface area contributed by atoms with Crippen LogP contribution in [0, 0.1) is 5.92 Å². The van der Waals surface area contributed by atoms with E-state index in [9.17, 15) is 4.79 Å². The molecule has 3 atom stereocenters. The molecular formula is C19H27N3O. The van der Waals surface area contributed by atoms with Crippen molar-refractivity contribution >= 4 is 17.3 Å². The first-order chi connectivity index (χ1) is 11.3. The second-order valence-electron chi connectivity index (χ2n) is 7.25. The number of amides is 1. The highest BCUT2D eigenvalue weighted by atomic mass is 16.2. The number of rotatable bonds is 4. The third-order valence-corrected chi connectivity index (χ3v) is 5.77. The number of nitrogens with zero attached hydrogens (tertiary/aromatic N) is 1. The fourth-order valence-electron chi connectivity index (χ4n) is 4.63. The summed E-state index contributed by atoms with van der Waals surface area (Å²) in [7, 11) is 0. The van der Waals surface area contributed by atoms with E-state index in [1.165, 1.54) is 38.6 Å². The summed E-state index contributed by atoms with van der Waals surface area (Å²) >= 11 is 0. The fraction of sp³-hybridized carbons (Fsp3) is 0.632. The van der Waals surface area contributed by atoms with Crippen molar-refractivity contribution in [3.05, 3.63) is 24.3 Å². The molecular weight excluding hydrogens is 286 g/mol. The minimum absolute atomic E-state index is 0.260. The number of carbonyl (C=O) groups excluding carboxylic acids is 1. The predicted octanol–water partition coefficient (Wildman–Crippen LogP) is 3.15. The Morgan fingerprint density at radius 1 is 1.13 bits per heavy atom. The normalized spacial score (nSPS) is 31.0. The van der Waals surface area contributed by atoms with E-state index in [4.69, 9.17) is 0 Å². The standard InChI is InChI=1S/C19H27N3O/c23-19-10-4-12-22(19)15-6-1-5-14(13-15)21-18-8-2-7-16(18)17-9-3-11-20-17/h1,5-6,13,16-18,20-21H,2-4,7-12H2. The highest BCUT2D eigenvalue weighted by Crippen LogP contribution is 2.34. The quantitative estimate of drug-likeness (QED) is 0.897. The molecule has 0 spiro atoms. The summed E-state index contributed by atoms with van der Waals surface area (Å²) in [5.41, 5.74) is 2.21. The molecule has 0 radical (unpaired) electrons. The minimum Gasteiger partial charge on any atom is -0.382 e. The molecule has 2 heterocycles. The van der Waals surface area contributed by atoms with E-state index in [1.807, 2.05) is 4.90 Å². The van der Waals surface area contributed by atoms with Crippen molar-refractivity contribution in [1.82, 2.24) is 5.32 Å². The van der Waals surface area contributed by atoms with E-state index in [-0.39, 0.29) is 5.91 Å². The molecule has 3 unspecified atom stereocenters. The van der Waals surface area contributed by atoms with Gasteiger partial charge in [0, 0.05) is 36.4 Å². The predicted molar refractivity (Wildman–Crippen MR) is 93.8 cm³/mol. The van der Waals surface area contributed by atoms with Gasteiger partial charge in [0.2, 0.25) is 5.91 Å². The average molecular weight is 313 g/mol. The van der Waals surface area contributed by atoms with Crippen LogP contribution >= 0.6 is 0 Å². The molecule has 4 rings (SSSR count). The van der Waals surface area contributed by atoms with E-state index >= 15 is 0 Å². The Bertz CT molecular complexity index is 567. The topological polar surface area (TPSA) is 44.4 Å². The number of anilines is 2. The van der Waals surface area contributed by atoms with E-state index in [0.29, 0.717) is 18.5 Å². The van der Waals surface area contributed by atoms with Gasteiger partial charge in [-0.2, -0.15) is 0 Å². The summed E-state index contributed by atoms with van der Waals surface area (Å²) in [5.74, 6) is 1.01. The molecule has 0 aromatic heterocycles. The van der Waals surface area contributed by atoms with Crippen molar-refractivity contribution in [3.8, 4) is 0 Å². The Morgan fingerprint density at radius 3 is 2.87 bits per heavy atom. The van der Waals surface area contributed by atoms with Gasteiger partial charge in [0.25, 0.3) is 0 Å². The third kappa shape index (κ3) is 3.09. The average Bonchev–Trinajstić information content (AvgIpc) is 3.28. The summed E-state index contributed by atoms with van der Waals surface area (Å²) in [6, 6.07) is 9.68. The highest BCUT2D eigenvalue weighted by molar-refractivity contribution is 5.95. The Hall–Kier alpha value is -1.55. The van der Waals surface area contributed by atoms with Crippen LogP contribution in [0.4, 0.5) is 11.4 Å². The van der Waals surface area contributed by atoms with E-state index in [1.54, 1.807) is 0 Å². The van der Waals surface area contributed by atoms with Crippen LogP contribution in [-0.2, 0) is 4.79 Å². The lowest BCUT2D eigenvalue weighted by Crippen LogP contribution is -2.38. The van der Waals surface area contributed by atoms with Gasteiger partial charge < -0.3 is 15.5 Å². The van der Waals surface area contributed by atoms with Crippen molar-refractivity contribution in [2.24, 2.45) is 5.92 Å². The molecule has 2 aliphatic heterocycles. The van der Waals surface area contributed by atoms with Gasteiger partial charge in [-0.25, -0.2) is 0 Å². The van der Waals surface area contributed by atoms with Crippen LogP contribution < -0.4 is 15.5 Å². The second kappa shape index (κ2) is 6.52. The molecule has 1 aliphatic carbocycles. The van der Waals surface area contributed by atoms with Gasteiger partial charge in [0.05, 0.1) is 0 Å². The Morgan fingerprint density at radius 2 is 2.09 bits per heavy atom. The zero-order valence-electron chi connectivity index (χ0n) is 13.8. The van der Waals surface area contributed by atoms with Crippen LogP contribution in [0.5, 0.6) is 0 Å². The zero-order valence-corrected chi connectivity index (χ0v) is 13.8. The third-order valence-electron chi connectivity index (χ3n) is 5.77. The zero-order chi connectivity index (χ0) is 15.6. The van der Waals surface area contributed by atoms with Crippen LogP contribution in [0.3, 0.4) is 0 Å². The smallest absolute Gasteiger partial charge is 0.227 e. The summed E-state index contributed by atoms with van der Waals surface area (Å²) in [6.07, 6.45) is 8.23. The number of nitrogens with one attached hydrogen (secondary N) is 2. The van der Waals surface area contributed by atoms with Crippen LogP contribution in [0.15, 0.2) is 24.3 Å². The lowest BCUT2D eigenvalue weighted by molar-refractivity contribution is -0.117. The number of hydrogen-bond donors (Lipinski definition) is 2. The molecule has 1 amide bonds. The molecule has 0 bridgehead atoms. The summed E-state index contributed by atoms with van der Waals surface area (Å²) in [4.78, 5) is 13.9. The van der Waals surface area contributed by atoms with Gasteiger partial charge >= 0.3 is 0 Å². The fourth-order valence-corrected chi connectivity index (χ4v) is 4.63. The lowest BCUT2D eigenvalue weighted by atomic mass is 9.93. The second-order valence-corrected chi connectivity index (χ2v) is 7.25. The van der Waals surface area contributed by atoms with Crippen molar-refractivity contribution in [2.75, 3.05) is 23.3 Å². The number of benzene rings is 1. The van der Waals surface area contributed by atoms with Gasteiger partial charge in [-0.05, 0) is 62.8 Å². The van der Waals surface area contributed by atoms with Gasteiger partial charge in [0.15, 0.2) is 0 Å². The van der Waals surface area contributed by atoms with E-state index in [2.05, 4.69) is 34.9 Å². The van der Waals surface area contributed by atoms with Crippen molar-refractivity contribution in [1.29, 1.82) is 0 Å². The molecule has 2 saturated heterocycles. The first-order valence-electron chi connectivity index (χ1n) is 9.21. The van der Waals surface area contributed by atoms with Crippen LogP contribution in [0.25, 0.3) is 0 Å². The summed E-state index contributed by atoms with van der Waals surface area (Å²) in [6.45, 7) is 2.04. The lowest BCUT2D eigenvalue weighted by Gasteiger charge is -2.28. The number of hydrogen-bond acceptors (Lipinski definition) is 3. The van der Waals surface area contributed by atoms with Crippen molar-refractivity contribution < 1.29 is 4.79 Å². The van der Waals surface area contributed by atoms with Crippen LogP contribution in [-0.4, -0.2) is 31.1 Å².